The van der Waals surface area contributed by atoms with Crippen LogP contribution in [-0.4, -0.2) is 35.3 Å². The molecule has 1 aromatic carbocycles. The van der Waals surface area contributed by atoms with Crippen LogP contribution in [-0.2, 0) is 0 Å². The van der Waals surface area contributed by atoms with Crippen LogP contribution in [0.25, 0.3) is 10.9 Å². The van der Waals surface area contributed by atoms with E-state index in [2.05, 4.69) is 35.9 Å². The third kappa shape index (κ3) is 5.98. The third-order valence-corrected chi connectivity index (χ3v) is 5.58. The average molecular weight is 351 g/mol. The zero-order valence-electron chi connectivity index (χ0n) is 14.2. The van der Waals surface area contributed by atoms with Crippen molar-refractivity contribution in [1.82, 2.24) is 9.88 Å². The van der Waals surface area contributed by atoms with E-state index in [4.69, 9.17) is 11.6 Å². The van der Waals surface area contributed by atoms with E-state index < -0.39 is 0 Å². The molecule has 0 N–H and O–H groups in total. The summed E-state index contributed by atoms with van der Waals surface area (Å²) in [5.74, 6) is 1.17. The summed E-state index contributed by atoms with van der Waals surface area (Å²) in [7, 11) is 0. The second-order valence-corrected chi connectivity index (χ2v) is 7.33. The molecular weight excluding hydrogens is 324 g/mol. The standard InChI is InChI=1S/C19H27ClN2S/c1-3-22(4-2)13-7-5-6-8-14-23-19-11-12-21-18-15-16(20)9-10-17(18)19/h9-12,15H,3-8,13-14H2,1-2H3. The van der Waals surface area contributed by atoms with Crippen molar-refractivity contribution in [1.29, 1.82) is 0 Å². The lowest BCUT2D eigenvalue weighted by atomic mass is 10.2. The maximum absolute atomic E-state index is 6.04. The van der Waals surface area contributed by atoms with Gasteiger partial charge in [-0.05, 0) is 56.4 Å². The Hall–Kier alpha value is -0.770. The smallest absolute Gasteiger partial charge is 0.0728 e. The molecule has 2 rings (SSSR count). The molecule has 0 fully saturated rings. The normalized spacial score (nSPS) is 11.5. The number of thioether (sulfide) groups is 1. The molecule has 0 aliphatic rings. The minimum Gasteiger partial charge on any atom is -0.304 e. The van der Waals surface area contributed by atoms with Crippen LogP contribution in [0.5, 0.6) is 0 Å². The third-order valence-electron chi connectivity index (χ3n) is 4.19. The molecule has 1 aromatic heterocycles. The van der Waals surface area contributed by atoms with Crippen LogP contribution < -0.4 is 0 Å². The van der Waals surface area contributed by atoms with Gasteiger partial charge in [-0.25, -0.2) is 0 Å². The predicted octanol–water partition coefficient (Wildman–Crippen LogP) is 5.88. The summed E-state index contributed by atoms with van der Waals surface area (Å²) in [6.45, 7) is 8.07. The first kappa shape index (κ1) is 18.6. The van der Waals surface area contributed by atoms with Crippen molar-refractivity contribution in [2.75, 3.05) is 25.4 Å². The first-order valence-corrected chi connectivity index (χ1v) is 10.0. The average Bonchev–Trinajstić information content (AvgIpc) is 2.57. The highest BCUT2D eigenvalue weighted by atomic mass is 35.5. The highest BCUT2D eigenvalue weighted by Gasteiger charge is 2.03. The highest BCUT2D eigenvalue weighted by Crippen LogP contribution is 2.29. The van der Waals surface area contributed by atoms with Crippen molar-refractivity contribution in [3.8, 4) is 0 Å². The van der Waals surface area contributed by atoms with Crippen molar-refractivity contribution in [3.05, 3.63) is 35.5 Å². The van der Waals surface area contributed by atoms with Gasteiger partial charge in [-0.1, -0.05) is 44.4 Å². The minimum absolute atomic E-state index is 0.750. The van der Waals surface area contributed by atoms with E-state index in [0.29, 0.717) is 0 Å². The lowest BCUT2D eigenvalue weighted by Crippen LogP contribution is -2.23. The molecule has 0 aliphatic heterocycles. The number of unbranched alkanes of at least 4 members (excludes halogenated alkanes) is 3. The van der Waals surface area contributed by atoms with Gasteiger partial charge in [-0.3, -0.25) is 4.98 Å². The van der Waals surface area contributed by atoms with Crippen molar-refractivity contribution < 1.29 is 0 Å². The molecule has 0 unspecified atom stereocenters. The molecule has 23 heavy (non-hydrogen) atoms. The molecule has 0 bridgehead atoms. The molecule has 0 spiro atoms. The Morgan fingerprint density at radius 1 is 1.04 bits per heavy atom. The number of pyridine rings is 1. The van der Waals surface area contributed by atoms with Crippen LogP contribution in [0.15, 0.2) is 35.4 Å². The number of rotatable bonds is 10. The summed E-state index contributed by atoms with van der Waals surface area (Å²) in [5.41, 5.74) is 0.988. The number of benzene rings is 1. The Labute approximate surface area is 149 Å². The Morgan fingerprint density at radius 2 is 1.83 bits per heavy atom. The van der Waals surface area contributed by atoms with Crippen molar-refractivity contribution in [3.63, 3.8) is 0 Å². The Bertz CT molecular complexity index is 599. The molecule has 0 radical (unpaired) electrons. The van der Waals surface area contributed by atoms with Gasteiger partial charge >= 0.3 is 0 Å². The monoisotopic (exact) mass is 350 g/mol. The fourth-order valence-corrected chi connectivity index (χ4v) is 3.95. The van der Waals surface area contributed by atoms with Crippen LogP contribution in [0, 0.1) is 0 Å². The van der Waals surface area contributed by atoms with Gasteiger partial charge < -0.3 is 4.90 Å². The lowest BCUT2D eigenvalue weighted by Gasteiger charge is -2.17. The van der Waals surface area contributed by atoms with Gasteiger partial charge in [-0.15, -0.1) is 11.8 Å². The summed E-state index contributed by atoms with van der Waals surface area (Å²) in [6.07, 6.45) is 7.14. The van der Waals surface area contributed by atoms with Gasteiger partial charge in [0.15, 0.2) is 0 Å². The molecule has 0 saturated heterocycles. The Balaban J connectivity index is 1.71. The Morgan fingerprint density at radius 3 is 2.61 bits per heavy atom. The van der Waals surface area contributed by atoms with Gasteiger partial charge in [0.2, 0.25) is 0 Å². The van der Waals surface area contributed by atoms with Crippen LogP contribution >= 0.6 is 23.4 Å². The summed E-state index contributed by atoms with van der Waals surface area (Å²) < 4.78 is 0. The largest absolute Gasteiger partial charge is 0.304 e. The molecule has 2 nitrogen and oxygen atoms in total. The van der Waals surface area contributed by atoms with E-state index in [1.165, 1.54) is 61.4 Å². The number of hydrogen-bond acceptors (Lipinski definition) is 3. The SMILES string of the molecule is CCN(CC)CCCCCCSc1ccnc2cc(Cl)ccc12. The van der Waals surface area contributed by atoms with Gasteiger partial charge in [0.25, 0.3) is 0 Å². The van der Waals surface area contributed by atoms with Gasteiger partial charge in [0, 0.05) is 21.5 Å². The van der Waals surface area contributed by atoms with E-state index in [0.717, 1.165) is 10.5 Å². The van der Waals surface area contributed by atoms with Gasteiger partial charge in [0.1, 0.15) is 0 Å². The predicted molar refractivity (Wildman–Crippen MR) is 104 cm³/mol. The number of aromatic nitrogens is 1. The topological polar surface area (TPSA) is 16.1 Å². The second-order valence-electron chi connectivity index (χ2n) is 5.76. The van der Waals surface area contributed by atoms with E-state index in [9.17, 15) is 0 Å². The molecule has 126 valence electrons. The van der Waals surface area contributed by atoms with Gasteiger partial charge in [0.05, 0.1) is 5.52 Å². The molecular formula is C19H27ClN2S. The molecule has 4 heteroatoms. The zero-order valence-corrected chi connectivity index (χ0v) is 15.8. The molecule has 2 aromatic rings. The maximum atomic E-state index is 6.04. The van der Waals surface area contributed by atoms with E-state index in [1.54, 1.807) is 0 Å². The van der Waals surface area contributed by atoms with E-state index >= 15 is 0 Å². The van der Waals surface area contributed by atoms with Gasteiger partial charge in [-0.2, -0.15) is 0 Å². The summed E-state index contributed by atoms with van der Waals surface area (Å²) in [6, 6.07) is 8.08. The number of nitrogens with zero attached hydrogens (tertiary/aromatic N) is 2. The molecule has 0 saturated carbocycles. The molecule has 0 amide bonds. The first-order chi connectivity index (χ1) is 11.2. The zero-order chi connectivity index (χ0) is 16.5. The van der Waals surface area contributed by atoms with Crippen LogP contribution in [0.2, 0.25) is 5.02 Å². The minimum atomic E-state index is 0.750. The number of fused-ring (bicyclic) bond motifs is 1. The van der Waals surface area contributed by atoms with Crippen LogP contribution in [0.3, 0.4) is 0 Å². The Kier molecular flexibility index (Phi) is 8.21. The molecule has 1 heterocycles. The van der Waals surface area contributed by atoms with E-state index in [-0.39, 0.29) is 0 Å². The van der Waals surface area contributed by atoms with E-state index in [1.807, 2.05) is 30.1 Å². The summed E-state index contributed by atoms with van der Waals surface area (Å²) >= 11 is 7.97. The quantitative estimate of drug-likeness (QED) is 0.393. The summed E-state index contributed by atoms with van der Waals surface area (Å²) in [4.78, 5) is 8.22. The maximum Gasteiger partial charge on any atom is 0.0728 e. The second kappa shape index (κ2) is 10.2. The lowest BCUT2D eigenvalue weighted by molar-refractivity contribution is 0.296. The van der Waals surface area contributed by atoms with Crippen LogP contribution in [0.4, 0.5) is 0 Å². The van der Waals surface area contributed by atoms with Crippen LogP contribution in [0.1, 0.15) is 39.5 Å². The molecule has 0 atom stereocenters. The van der Waals surface area contributed by atoms with Crippen molar-refractivity contribution >= 4 is 34.3 Å². The first-order valence-electron chi connectivity index (χ1n) is 8.64. The van der Waals surface area contributed by atoms with Crippen molar-refractivity contribution in [2.45, 2.75) is 44.4 Å². The molecule has 0 aliphatic carbocycles. The fourth-order valence-electron chi connectivity index (χ4n) is 2.73. The number of hydrogen-bond donors (Lipinski definition) is 0. The number of halogens is 1. The summed E-state index contributed by atoms with van der Waals surface area (Å²) in [5, 5.41) is 1.96. The highest BCUT2D eigenvalue weighted by molar-refractivity contribution is 7.99. The fraction of sp³-hybridized carbons (Fsp3) is 0.526. The van der Waals surface area contributed by atoms with Crippen molar-refractivity contribution in [2.24, 2.45) is 0 Å².